The van der Waals surface area contributed by atoms with Gasteiger partial charge in [0.05, 0.1) is 31.7 Å². The van der Waals surface area contributed by atoms with E-state index < -0.39 is 0 Å². The van der Waals surface area contributed by atoms with Crippen LogP contribution in [0.5, 0.6) is 11.5 Å². The predicted octanol–water partition coefficient (Wildman–Crippen LogP) is 6.61. The second-order valence-electron chi connectivity index (χ2n) is 10.1. The number of nitrogens with zero attached hydrogens (tertiary/aromatic N) is 1. The van der Waals surface area contributed by atoms with Crippen LogP contribution in [-0.4, -0.2) is 31.6 Å². The van der Waals surface area contributed by atoms with Gasteiger partial charge >= 0.3 is 0 Å². The zero-order valence-corrected chi connectivity index (χ0v) is 23.7. The van der Waals surface area contributed by atoms with E-state index in [0.29, 0.717) is 11.7 Å². The molecule has 0 unspecified atom stereocenters. The first kappa shape index (κ1) is 26.9. The fourth-order valence-electron chi connectivity index (χ4n) is 5.47. The number of ether oxygens (including phenoxy) is 2. The predicted molar refractivity (Wildman–Crippen MR) is 160 cm³/mol. The van der Waals surface area contributed by atoms with Crippen molar-refractivity contribution in [1.82, 2.24) is 5.43 Å². The standard InChI is InChI=1S/C32H35N3O3S/c1-20-11-13-22(14-12-20)18-39-19-30(36)35-34-21(2)23-15-16-28-27(17-23)24-7-5-8-25(24)31(33-28)26-9-6-10-29(37-3)32(26)38-4/h5-7,9-17,24-25,31,33H,8,18-19H2,1-4H3,(H,35,36)/b34-21-/t24-,25+,31-/m1/s1. The van der Waals surface area contributed by atoms with Gasteiger partial charge in [0.1, 0.15) is 0 Å². The fourth-order valence-corrected chi connectivity index (χ4v) is 6.25. The summed E-state index contributed by atoms with van der Waals surface area (Å²) in [6.07, 6.45) is 5.57. The first-order valence-corrected chi connectivity index (χ1v) is 14.4. The van der Waals surface area contributed by atoms with E-state index in [1.807, 2.05) is 19.1 Å². The third kappa shape index (κ3) is 5.83. The molecule has 5 rings (SSSR count). The van der Waals surface area contributed by atoms with Crippen LogP contribution in [0.4, 0.5) is 5.69 Å². The van der Waals surface area contributed by atoms with Crippen molar-refractivity contribution in [3.05, 3.63) is 101 Å². The first-order chi connectivity index (χ1) is 19.0. The summed E-state index contributed by atoms with van der Waals surface area (Å²) in [5, 5.41) is 8.18. The number of thioether (sulfide) groups is 1. The van der Waals surface area contributed by atoms with Crippen LogP contribution in [0.15, 0.2) is 77.9 Å². The van der Waals surface area contributed by atoms with Crippen molar-refractivity contribution < 1.29 is 14.3 Å². The van der Waals surface area contributed by atoms with Crippen LogP contribution in [-0.2, 0) is 10.5 Å². The van der Waals surface area contributed by atoms with Crippen molar-refractivity contribution in [3.63, 3.8) is 0 Å². The van der Waals surface area contributed by atoms with Gasteiger partial charge in [-0.05, 0) is 61.1 Å². The monoisotopic (exact) mass is 541 g/mol. The van der Waals surface area contributed by atoms with Gasteiger partial charge in [0.25, 0.3) is 0 Å². The van der Waals surface area contributed by atoms with Crippen LogP contribution in [0, 0.1) is 12.8 Å². The summed E-state index contributed by atoms with van der Waals surface area (Å²) in [5.74, 6) is 3.22. The molecule has 1 heterocycles. The van der Waals surface area contributed by atoms with Gasteiger partial charge < -0.3 is 14.8 Å². The number of hydrazone groups is 1. The zero-order chi connectivity index (χ0) is 27.4. The highest BCUT2D eigenvalue weighted by molar-refractivity contribution is 7.99. The number of rotatable bonds is 9. The number of carbonyl (C=O) groups excluding carboxylic acids is 1. The van der Waals surface area contributed by atoms with Crippen LogP contribution >= 0.6 is 11.8 Å². The van der Waals surface area contributed by atoms with Crippen molar-refractivity contribution in [2.24, 2.45) is 11.0 Å². The summed E-state index contributed by atoms with van der Waals surface area (Å²) >= 11 is 1.59. The van der Waals surface area contributed by atoms with E-state index in [1.54, 1.807) is 26.0 Å². The molecule has 3 atom stereocenters. The van der Waals surface area contributed by atoms with E-state index in [9.17, 15) is 4.79 Å². The molecule has 6 nitrogen and oxygen atoms in total. The van der Waals surface area contributed by atoms with Gasteiger partial charge in [-0.15, -0.1) is 11.8 Å². The SMILES string of the molecule is COc1cccc([C@@H]2Nc3ccc(/C(C)=N\NC(=O)CSCc4ccc(C)cc4)cc3[C@@H]3C=CC[C@@H]32)c1OC. The Labute approximate surface area is 234 Å². The van der Waals surface area contributed by atoms with Crippen molar-refractivity contribution >= 4 is 29.1 Å². The van der Waals surface area contributed by atoms with Crippen molar-refractivity contribution in [2.75, 3.05) is 25.3 Å². The number of allylic oxidation sites excluding steroid dienone is 2. The van der Waals surface area contributed by atoms with Crippen molar-refractivity contribution in [1.29, 1.82) is 0 Å². The molecule has 0 bridgehead atoms. The summed E-state index contributed by atoms with van der Waals surface area (Å²) in [7, 11) is 3.36. The Morgan fingerprint density at radius 3 is 2.67 bits per heavy atom. The van der Waals surface area contributed by atoms with Crippen LogP contribution in [0.3, 0.4) is 0 Å². The number of hydrogen-bond donors (Lipinski definition) is 2. The van der Waals surface area contributed by atoms with E-state index in [2.05, 4.69) is 83.5 Å². The Bertz CT molecular complexity index is 1400. The molecular weight excluding hydrogens is 506 g/mol. The van der Waals surface area contributed by atoms with Crippen LogP contribution in [0.1, 0.15) is 53.1 Å². The minimum atomic E-state index is -0.0973. The molecule has 0 aromatic heterocycles. The molecule has 202 valence electrons. The quantitative estimate of drug-likeness (QED) is 0.181. The number of fused-ring (bicyclic) bond motifs is 3. The topological polar surface area (TPSA) is 72.0 Å². The number of amides is 1. The summed E-state index contributed by atoms with van der Waals surface area (Å²) in [5.41, 5.74) is 10.4. The molecule has 0 saturated heterocycles. The molecule has 1 aliphatic carbocycles. The maximum absolute atomic E-state index is 12.4. The molecular formula is C32H35N3O3S. The number of aryl methyl sites for hydroxylation is 1. The molecule has 0 radical (unpaired) electrons. The number of nitrogens with one attached hydrogen (secondary N) is 2. The largest absolute Gasteiger partial charge is 0.493 e. The summed E-state index contributed by atoms with van der Waals surface area (Å²) in [4.78, 5) is 12.4. The Kier molecular flexibility index (Phi) is 8.27. The number of hydrogen-bond acceptors (Lipinski definition) is 6. The lowest BCUT2D eigenvalue weighted by Gasteiger charge is -2.38. The highest BCUT2D eigenvalue weighted by atomic mass is 32.2. The van der Waals surface area contributed by atoms with Gasteiger partial charge in [0.15, 0.2) is 11.5 Å². The molecule has 7 heteroatoms. The molecule has 0 spiro atoms. The van der Waals surface area contributed by atoms with Gasteiger partial charge in [-0.3, -0.25) is 4.79 Å². The van der Waals surface area contributed by atoms with Crippen molar-refractivity contribution in [2.45, 2.75) is 38.0 Å². The lowest BCUT2D eigenvalue weighted by molar-refractivity contribution is -0.118. The van der Waals surface area contributed by atoms with E-state index in [1.165, 1.54) is 16.7 Å². The maximum Gasteiger partial charge on any atom is 0.250 e. The second-order valence-corrected chi connectivity index (χ2v) is 11.1. The minimum Gasteiger partial charge on any atom is -0.493 e. The summed E-state index contributed by atoms with van der Waals surface area (Å²) < 4.78 is 11.3. The minimum absolute atomic E-state index is 0.0971. The van der Waals surface area contributed by atoms with Gasteiger partial charge in [0.2, 0.25) is 5.91 Å². The first-order valence-electron chi connectivity index (χ1n) is 13.2. The average molecular weight is 542 g/mol. The van der Waals surface area contributed by atoms with E-state index in [0.717, 1.165) is 46.2 Å². The third-order valence-electron chi connectivity index (χ3n) is 7.52. The Balaban J connectivity index is 1.28. The summed E-state index contributed by atoms with van der Waals surface area (Å²) in [6.45, 7) is 4.01. The molecule has 2 N–H and O–H groups in total. The smallest absolute Gasteiger partial charge is 0.250 e. The van der Waals surface area contributed by atoms with Crippen LogP contribution in [0.25, 0.3) is 0 Å². The lowest BCUT2D eigenvalue weighted by atomic mass is 9.76. The molecule has 2 aliphatic rings. The number of methoxy groups -OCH3 is 2. The highest BCUT2D eigenvalue weighted by Crippen LogP contribution is 2.52. The number of para-hydroxylation sites is 1. The normalized spacial score (nSPS) is 19.6. The molecule has 3 aromatic rings. The van der Waals surface area contributed by atoms with Crippen LogP contribution in [0.2, 0.25) is 0 Å². The van der Waals surface area contributed by atoms with Crippen LogP contribution < -0.4 is 20.2 Å². The number of anilines is 1. The molecule has 0 saturated carbocycles. The molecule has 3 aromatic carbocycles. The van der Waals surface area contributed by atoms with E-state index in [-0.39, 0.29) is 17.9 Å². The number of carbonyl (C=O) groups is 1. The Hall–Kier alpha value is -3.71. The van der Waals surface area contributed by atoms with Gasteiger partial charge in [-0.1, -0.05) is 60.2 Å². The lowest BCUT2D eigenvalue weighted by Crippen LogP contribution is -2.29. The molecule has 0 fully saturated rings. The summed E-state index contributed by atoms with van der Waals surface area (Å²) in [6, 6.07) is 20.9. The van der Waals surface area contributed by atoms with Crippen molar-refractivity contribution in [3.8, 4) is 11.5 Å². The maximum atomic E-state index is 12.4. The molecule has 1 aliphatic heterocycles. The van der Waals surface area contributed by atoms with Gasteiger partial charge in [-0.25, -0.2) is 5.43 Å². The van der Waals surface area contributed by atoms with E-state index >= 15 is 0 Å². The van der Waals surface area contributed by atoms with Gasteiger partial charge in [0, 0.05) is 22.9 Å². The Morgan fingerprint density at radius 1 is 1.08 bits per heavy atom. The third-order valence-corrected chi connectivity index (χ3v) is 8.52. The fraction of sp³-hybridized carbons (Fsp3) is 0.312. The second kappa shape index (κ2) is 12.0. The molecule has 1 amide bonds. The average Bonchev–Trinajstić information content (AvgIpc) is 3.46. The Morgan fingerprint density at radius 2 is 1.90 bits per heavy atom. The van der Waals surface area contributed by atoms with Gasteiger partial charge in [-0.2, -0.15) is 5.10 Å². The van der Waals surface area contributed by atoms with E-state index in [4.69, 9.17) is 9.47 Å². The molecule has 39 heavy (non-hydrogen) atoms. The highest BCUT2D eigenvalue weighted by Gasteiger charge is 2.39. The zero-order valence-electron chi connectivity index (χ0n) is 22.9. The number of benzene rings is 3.